The van der Waals surface area contributed by atoms with Gasteiger partial charge in [0, 0.05) is 18.4 Å². The van der Waals surface area contributed by atoms with Crippen LogP contribution in [0.4, 0.5) is 5.69 Å². The molecule has 0 aliphatic heterocycles. The van der Waals surface area contributed by atoms with Crippen molar-refractivity contribution in [1.82, 2.24) is 20.2 Å². The van der Waals surface area contributed by atoms with Gasteiger partial charge in [-0.2, -0.15) is 0 Å². The minimum Gasteiger partial charge on any atom is -0.380 e. The maximum absolute atomic E-state index is 12.3. The first kappa shape index (κ1) is 15.8. The van der Waals surface area contributed by atoms with E-state index >= 15 is 0 Å². The molecule has 0 bridgehead atoms. The van der Waals surface area contributed by atoms with E-state index < -0.39 is 0 Å². The molecule has 0 spiro atoms. The minimum absolute atomic E-state index is 0.159. The van der Waals surface area contributed by atoms with Gasteiger partial charge in [0.2, 0.25) is 0 Å². The van der Waals surface area contributed by atoms with Gasteiger partial charge < -0.3 is 10.1 Å². The van der Waals surface area contributed by atoms with E-state index in [1.807, 2.05) is 37.3 Å². The Morgan fingerprint density at radius 3 is 2.62 bits per heavy atom. The second-order valence-corrected chi connectivity index (χ2v) is 5.34. The standard InChI is InChI=1S/C17H17N5O2/c1-12-9-15(7-8-16(12)22-11-18-20-21-22)19-17(23)14-5-3-13(4-6-14)10-24-2/h3-9,11H,10H2,1-2H3,(H,19,23). The third kappa shape index (κ3) is 3.47. The molecule has 7 heteroatoms. The summed E-state index contributed by atoms with van der Waals surface area (Å²) in [6.45, 7) is 2.46. The van der Waals surface area contributed by atoms with Crippen LogP contribution in [-0.2, 0) is 11.3 Å². The molecule has 2 aromatic carbocycles. The van der Waals surface area contributed by atoms with Gasteiger partial charge in [-0.25, -0.2) is 4.68 Å². The number of hydrogen-bond acceptors (Lipinski definition) is 5. The Morgan fingerprint density at radius 1 is 1.21 bits per heavy atom. The van der Waals surface area contributed by atoms with E-state index in [-0.39, 0.29) is 5.91 Å². The Balaban J connectivity index is 1.73. The second kappa shape index (κ2) is 7.01. The number of nitrogens with one attached hydrogen (secondary N) is 1. The number of aromatic nitrogens is 4. The summed E-state index contributed by atoms with van der Waals surface area (Å²) in [5.41, 5.74) is 4.15. The Morgan fingerprint density at radius 2 is 2.00 bits per heavy atom. The van der Waals surface area contributed by atoms with Crippen molar-refractivity contribution >= 4 is 11.6 Å². The maximum atomic E-state index is 12.3. The zero-order valence-corrected chi connectivity index (χ0v) is 13.4. The van der Waals surface area contributed by atoms with Gasteiger partial charge in [-0.05, 0) is 58.8 Å². The fourth-order valence-corrected chi connectivity index (χ4v) is 2.38. The van der Waals surface area contributed by atoms with Gasteiger partial charge in [0.15, 0.2) is 0 Å². The quantitative estimate of drug-likeness (QED) is 0.779. The monoisotopic (exact) mass is 323 g/mol. The first-order chi connectivity index (χ1) is 11.7. The molecule has 3 aromatic rings. The number of carbonyl (C=O) groups is 1. The molecular weight excluding hydrogens is 306 g/mol. The average Bonchev–Trinajstić information content (AvgIpc) is 3.10. The van der Waals surface area contributed by atoms with E-state index in [1.54, 1.807) is 23.9 Å². The first-order valence-electron chi connectivity index (χ1n) is 7.40. The number of tetrazole rings is 1. The first-order valence-corrected chi connectivity index (χ1v) is 7.40. The summed E-state index contributed by atoms with van der Waals surface area (Å²) >= 11 is 0. The lowest BCUT2D eigenvalue weighted by molar-refractivity contribution is 0.102. The molecule has 24 heavy (non-hydrogen) atoms. The number of anilines is 1. The number of aryl methyl sites for hydroxylation is 1. The molecule has 0 saturated heterocycles. The zero-order valence-electron chi connectivity index (χ0n) is 13.4. The minimum atomic E-state index is -0.159. The van der Waals surface area contributed by atoms with Gasteiger partial charge in [0.25, 0.3) is 5.91 Å². The maximum Gasteiger partial charge on any atom is 0.255 e. The summed E-state index contributed by atoms with van der Waals surface area (Å²) < 4.78 is 6.64. The smallest absolute Gasteiger partial charge is 0.255 e. The predicted molar refractivity (Wildman–Crippen MR) is 89.0 cm³/mol. The number of nitrogens with zero attached hydrogens (tertiary/aromatic N) is 4. The molecule has 7 nitrogen and oxygen atoms in total. The fourth-order valence-electron chi connectivity index (χ4n) is 2.38. The molecule has 0 fully saturated rings. The van der Waals surface area contributed by atoms with Crippen molar-refractivity contribution in [1.29, 1.82) is 0 Å². The third-order valence-electron chi connectivity index (χ3n) is 3.58. The highest BCUT2D eigenvalue weighted by atomic mass is 16.5. The average molecular weight is 323 g/mol. The van der Waals surface area contributed by atoms with Crippen LogP contribution >= 0.6 is 0 Å². The highest BCUT2D eigenvalue weighted by Crippen LogP contribution is 2.18. The van der Waals surface area contributed by atoms with Crippen molar-refractivity contribution < 1.29 is 9.53 Å². The van der Waals surface area contributed by atoms with Crippen LogP contribution < -0.4 is 5.32 Å². The van der Waals surface area contributed by atoms with Crippen LogP contribution in [-0.4, -0.2) is 33.2 Å². The molecule has 1 aromatic heterocycles. The topological polar surface area (TPSA) is 81.9 Å². The summed E-state index contributed by atoms with van der Waals surface area (Å²) in [5, 5.41) is 14.0. The van der Waals surface area contributed by atoms with Crippen molar-refractivity contribution in [3.8, 4) is 5.69 Å². The van der Waals surface area contributed by atoms with E-state index in [2.05, 4.69) is 20.8 Å². The normalized spacial score (nSPS) is 10.6. The molecule has 0 unspecified atom stereocenters. The lowest BCUT2D eigenvalue weighted by Crippen LogP contribution is -2.12. The molecule has 0 saturated carbocycles. The van der Waals surface area contributed by atoms with E-state index in [0.29, 0.717) is 12.2 Å². The molecule has 0 aliphatic rings. The number of ether oxygens (including phenoxy) is 1. The molecule has 0 atom stereocenters. The van der Waals surface area contributed by atoms with Gasteiger partial charge >= 0.3 is 0 Å². The Kier molecular flexibility index (Phi) is 4.62. The van der Waals surface area contributed by atoms with Crippen LogP contribution in [0.3, 0.4) is 0 Å². The SMILES string of the molecule is COCc1ccc(C(=O)Nc2ccc(-n3cnnn3)c(C)c2)cc1. The number of amides is 1. The van der Waals surface area contributed by atoms with E-state index in [9.17, 15) is 4.79 Å². The molecule has 0 radical (unpaired) electrons. The van der Waals surface area contributed by atoms with Crippen molar-refractivity contribution in [3.05, 3.63) is 65.5 Å². The van der Waals surface area contributed by atoms with Crippen LogP contribution in [0, 0.1) is 6.92 Å². The Labute approximate surface area is 139 Å². The lowest BCUT2D eigenvalue weighted by atomic mass is 10.1. The number of methoxy groups -OCH3 is 1. The molecule has 1 N–H and O–H groups in total. The van der Waals surface area contributed by atoms with Gasteiger partial charge in [-0.15, -0.1) is 5.10 Å². The van der Waals surface area contributed by atoms with Gasteiger partial charge in [-0.3, -0.25) is 4.79 Å². The second-order valence-electron chi connectivity index (χ2n) is 5.34. The molecule has 122 valence electrons. The summed E-state index contributed by atoms with van der Waals surface area (Å²) in [7, 11) is 1.64. The number of carbonyl (C=O) groups excluding carboxylic acids is 1. The molecular formula is C17H17N5O2. The summed E-state index contributed by atoms with van der Waals surface area (Å²) in [6, 6.07) is 12.9. The predicted octanol–water partition coefficient (Wildman–Crippen LogP) is 2.37. The fraction of sp³-hybridized carbons (Fsp3) is 0.176. The Bertz CT molecular complexity index is 829. The van der Waals surface area contributed by atoms with Crippen molar-refractivity contribution in [3.63, 3.8) is 0 Å². The number of hydrogen-bond donors (Lipinski definition) is 1. The van der Waals surface area contributed by atoms with Crippen molar-refractivity contribution in [2.24, 2.45) is 0 Å². The van der Waals surface area contributed by atoms with Crippen LogP contribution in [0.25, 0.3) is 5.69 Å². The van der Waals surface area contributed by atoms with Gasteiger partial charge in [0.1, 0.15) is 6.33 Å². The Hall–Kier alpha value is -3.06. The largest absolute Gasteiger partial charge is 0.380 e. The third-order valence-corrected chi connectivity index (χ3v) is 3.58. The number of benzene rings is 2. The lowest BCUT2D eigenvalue weighted by Gasteiger charge is -2.09. The van der Waals surface area contributed by atoms with Gasteiger partial charge in [0.05, 0.1) is 12.3 Å². The van der Waals surface area contributed by atoms with Crippen LogP contribution in [0.2, 0.25) is 0 Å². The van der Waals surface area contributed by atoms with Gasteiger partial charge in [-0.1, -0.05) is 12.1 Å². The molecule has 3 rings (SSSR count). The highest BCUT2D eigenvalue weighted by molar-refractivity contribution is 6.04. The van der Waals surface area contributed by atoms with Crippen molar-refractivity contribution in [2.75, 3.05) is 12.4 Å². The van der Waals surface area contributed by atoms with E-state index in [4.69, 9.17) is 4.74 Å². The van der Waals surface area contributed by atoms with E-state index in [1.165, 1.54) is 6.33 Å². The molecule has 1 amide bonds. The summed E-state index contributed by atoms with van der Waals surface area (Å²) in [4.78, 5) is 12.3. The number of rotatable bonds is 5. The van der Waals surface area contributed by atoms with Crippen LogP contribution in [0.15, 0.2) is 48.8 Å². The van der Waals surface area contributed by atoms with Crippen molar-refractivity contribution in [2.45, 2.75) is 13.5 Å². The molecule has 0 aliphatic carbocycles. The summed E-state index contributed by atoms with van der Waals surface area (Å²) in [5.74, 6) is -0.159. The van der Waals surface area contributed by atoms with E-state index in [0.717, 1.165) is 22.5 Å². The molecule has 1 heterocycles. The zero-order chi connectivity index (χ0) is 16.9. The highest BCUT2D eigenvalue weighted by Gasteiger charge is 2.08. The van der Waals surface area contributed by atoms with Crippen LogP contribution in [0.5, 0.6) is 0 Å². The summed E-state index contributed by atoms with van der Waals surface area (Å²) in [6.07, 6.45) is 1.53. The van der Waals surface area contributed by atoms with Crippen LogP contribution in [0.1, 0.15) is 21.5 Å².